The summed E-state index contributed by atoms with van der Waals surface area (Å²) in [6.07, 6.45) is 0. The molecule has 0 fully saturated rings. The maximum Gasteiger partial charge on any atom is 0.284 e. The number of rotatable bonds is 1. The Balaban J connectivity index is 1.91. The van der Waals surface area contributed by atoms with Gasteiger partial charge in [-0.1, -0.05) is 66.4 Å². The van der Waals surface area contributed by atoms with Gasteiger partial charge < -0.3 is 5.32 Å². The molecule has 1 aliphatic carbocycles. The first-order valence-electron chi connectivity index (χ1n) is 6.66. The van der Waals surface area contributed by atoms with Crippen LogP contribution in [-0.4, -0.2) is 11.0 Å². The van der Waals surface area contributed by atoms with Crippen LogP contribution in [0.1, 0.15) is 26.7 Å². The van der Waals surface area contributed by atoms with Gasteiger partial charge >= 0.3 is 0 Å². The van der Waals surface area contributed by atoms with E-state index in [1.165, 1.54) is 0 Å². The highest BCUT2D eigenvalue weighted by Gasteiger charge is 2.40. The number of nitrogens with one attached hydrogen (secondary N) is 1. The zero-order valence-electron chi connectivity index (χ0n) is 11.0. The standard InChI is InChI=1S/C17H11NO2S/c19-15-12-9-5-4-8-11(12)14-13(15)16(21-17(20)18-14)10-6-2-1-3-7-10/h1-9,16H,(H,18,20)/t16-/m0/s1. The minimum absolute atomic E-state index is 0.0157. The second-order valence-corrected chi connectivity index (χ2v) is 6.06. The molecule has 2 aromatic rings. The number of carbonyl (C=O) groups excluding carboxylic acids is 2. The summed E-state index contributed by atoms with van der Waals surface area (Å²) in [7, 11) is 0. The van der Waals surface area contributed by atoms with Gasteiger partial charge in [0, 0.05) is 16.7 Å². The Morgan fingerprint density at radius 2 is 1.52 bits per heavy atom. The van der Waals surface area contributed by atoms with E-state index in [1.807, 2.05) is 54.6 Å². The third kappa shape index (κ3) is 1.83. The summed E-state index contributed by atoms with van der Waals surface area (Å²) in [5.41, 5.74) is 3.84. The molecule has 0 radical (unpaired) electrons. The van der Waals surface area contributed by atoms with Crippen molar-refractivity contribution in [3.8, 4) is 0 Å². The molecule has 2 aliphatic rings. The van der Waals surface area contributed by atoms with Crippen LogP contribution < -0.4 is 5.32 Å². The van der Waals surface area contributed by atoms with Crippen molar-refractivity contribution in [3.63, 3.8) is 0 Å². The second-order valence-electron chi connectivity index (χ2n) is 4.98. The number of hydrogen-bond acceptors (Lipinski definition) is 3. The fourth-order valence-electron chi connectivity index (χ4n) is 2.85. The van der Waals surface area contributed by atoms with E-state index in [-0.39, 0.29) is 16.3 Å². The highest BCUT2D eigenvalue weighted by Crippen LogP contribution is 2.47. The lowest BCUT2D eigenvalue weighted by atomic mass is 10.0. The Labute approximate surface area is 126 Å². The molecule has 0 bridgehead atoms. The first-order chi connectivity index (χ1) is 10.3. The fourth-order valence-corrected chi connectivity index (χ4v) is 3.86. The molecule has 1 atom stereocenters. The Morgan fingerprint density at radius 1 is 0.857 bits per heavy atom. The van der Waals surface area contributed by atoms with Gasteiger partial charge in [0.25, 0.3) is 5.24 Å². The highest BCUT2D eigenvalue weighted by atomic mass is 32.2. The molecule has 4 rings (SSSR count). The van der Waals surface area contributed by atoms with Gasteiger partial charge in [-0.15, -0.1) is 0 Å². The summed E-state index contributed by atoms with van der Waals surface area (Å²) in [5.74, 6) is 0.0157. The van der Waals surface area contributed by atoms with Crippen LogP contribution in [0.5, 0.6) is 0 Å². The maximum absolute atomic E-state index is 12.7. The van der Waals surface area contributed by atoms with Gasteiger partial charge in [0.2, 0.25) is 0 Å². The van der Waals surface area contributed by atoms with Crippen molar-refractivity contribution in [1.29, 1.82) is 0 Å². The van der Waals surface area contributed by atoms with Crippen molar-refractivity contribution in [1.82, 2.24) is 5.32 Å². The molecule has 1 N–H and O–H groups in total. The van der Waals surface area contributed by atoms with Gasteiger partial charge in [-0.25, -0.2) is 0 Å². The molecule has 1 aliphatic heterocycles. The van der Waals surface area contributed by atoms with Gasteiger partial charge in [-0.2, -0.15) is 0 Å². The predicted molar refractivity (Wildman–Crippen MR) is 83.0 cm³/mol. The largest absolute Gasteiger partial charge is 0.316 e. The lowest BCUT2D eigenvalue weighted by Gasteiger charge is -2.23. The van der Waals surface area contributed by atoms with Crippen molar-refractivity contribution >= 4 is 28.5 Å². The average molecular weight is 293 g/mol. The van der Waals surface area contributed by atoms with Crippen LogP contribution in [0.2, 0.25) is 0 Å². The molecule has 1 amide bonds. The fraction of sp³-hybridized carbons (Fsp3) is 0.0588. The van der Waals surface area contributed by atoms with Crippen molar-refractivity contribution < 1.29 is 9.59 Å². The zero-order chi connectivity index (χ0) is 14.4. The van der Waals surface area contributed by atoms with Crippen LogP contribution in [-0.2, 0) is 0 Å². The van der Waals surface area contributed by atoms with E-state index in [4.69, 9.17) is 0 Å². The molecule has 4 heteroatoms. The van der Waals surface area contributed by atoms with E-state index in [0.29, 0.717) is 16.8 Å². The third-order valence-corrected chi connectivity index (χ3v) is 4.83. The molecule has 0 unspecified atom stereocenters. The summed E-state index contributed by atoms with van der Waals surface area (Å²) < 4.78 is 0. The Hall–Kier alpha value is -2.33. The monoisotopic (exact) mass is 293 g/mol. The van der Waals surface area contributed by atoms with Gasteiger partial charge in [0.1, 0.15) is 0 Å². The van der Waals surface area contributed by atoms with Gasteiger partial charge in [-0.05, 0) is 5.56 Å². The minimum Gasteiger partial charge on any atom is -0.316 e. The number of carbonyl (C=O) groups is 2. The van der Waals surface area contributed by atoms with Crippen molar-refractivity contribution in [2.75, 3.05) is 0 Å². The molecule has 2 aromatic carbocycles. The van der Waals surface area contributed by atoms with E-state index in [9.17, 15) is 9.59 Å². The summed E-state index contributed by atoms with van der Waals surface area (Å²) >= 11 is 1.16. The van der Waals surface area contributed by atoms with E-state index in [1.54, 1.807) is 0 Å². The summed E-state index contributed by atoms with van der Waals surface area (Å²) in [4.78, 5) is 24.7. The van der Waals surface area contributed by atoms with Crippen LogP contribution in [0, 0.1) is 0 Å². The van der Waals surface area contributed by atoms with Crippen molar-refractivity contribution in [2.45, 2.75) is 5.25 Å². The highest BCUT2D eigenvalue weighted by molar-refractivity contribution is 8.14. The molecule has 1 heterocycles. The maximum atomic E-state index is 12.7. The van der Waals surface area contributed by atoms with Crippen LogP contribution in [0.25, 0.3) is 5.70 Å². The van der Waals surface area contributed by atoms with Gasteiger partial charge in [0.15, 0.2) is 5.78 Å². The van der Waals surface area contributed by atoms with E-state index >= 15 is 0 Å². The molecule has 21 heavy (non-hydrogen) atoms. The van der Waals surface area contributed by atoms with E-state index in [2.05, 4.69) is 5.32 Å². The summed E-state index contributed by atoms with van der Waals surface area (Å²) in [6.45, 7) is 0. The Bertz CT molecular complexity index is 795. The first-order valence-corrected chi connectivity index (χ1v) is 7.54. The van der Waals surface area contributed by atoms with Gasteiger partial charge in [0.05, 0.1) is 10.9 Å². The quantitative estimate of drug-likeness (QED) is 0.870. The number of fused-ring (bicyclic) bond motifs is 2. The number of benzene rings is 2. The Morgan fingerprint density at radius 3 is 2.29 bits per heavy atom. The molecule has 0 spiro atoms. The van der Waals surface area contributed by atoms with E-state index < -0.39 is 0 Å². The molecule has 3 nitrogen and oxygen atoms in total. The molecule has 102 valence electrons. The van der Waals surface area contributed by atoms with Crippen molar-refractivity contribution in [3.05, 3.63) is 76.9 Å². The lowest BCUT2D eigenvalue weighted by Crippen LogP contribution is -2.25. The average Bonchev–Trinajstić information content (AvgIpc) is 2.81. The normalized spacial score (nSPS) is 20.1. The predicted octanol–water partition coefficient (Wildman–Crippen LogP) is 3.79. The Kier molecular flexibility index (Phi) is 2.72. The van der Waals surface area contributed by atoms with Crippen LogP contribution in [0.15, 0.2) is 60.2 Å². The molecule has 0 saturated heterocycles. The van der Waals surface area contributed by atoms with Gasteiger partial charge in [-0.3, -0.25) is 9.59 Å². The van der Waals surface area contributed by atoms with Crippen LogP contribution in [0.3, 0.4) is 0 Å². The lowest BCUT2D eigenvalue weighted by molar-refractivity contribution is 0.103. The minimum atomic E-state index is -0.241. The summed E-state index contributed by atoms with van der Waals surface area (Å²) in [6, 6.07) is 17.1. The number of ketones is 1. The first kappa shape index (κ1) is 12.4. The number of hydrogen-bond donors (Lipinski definition) is 1. The third-order valence-electron chi connectivity index (χ3n) is 3.77. The summed E-state index contributed by atoms with van der Waals surface area (Å²) in [5, 5.41) is 2.49. The number of Topliss-reactive ketones (excluding diaryl/α,β-unsaturated/α-hetero) is 1. The molecule has 0 aromatic heterocycles. The van der Waals surface area contributed by atoms with E-state index in [0.717, 1.165) is 22.9 Å². The number of thioether (sulfide) groups is 1. The smallest absolute Gasteiger partial charge is 0.284 e. The molecular weight excluding hydrogens is 282 g/mol. The molecule has 0 saturated carbocycles. The SMILES string of the molecule is O=C1NC2=C(C(=O)c3ccccc32)[C@H](c2ccccc2)S1. The number of amides is 1. The molecular formula is C17H11NO2S. The topological polar surface area (TPSA) is 46.2 Å². The van der Waals surface area contributed by atoms with Crippen LogP contribution >= 0.6 is 11.8 Å². The second kappa shape index (κ2) is 4.60. The zero-order valence-corrected chi connectivity index (χ0v) is 11.8. The van der Waals surface area contributed by atoms with Crippen molar-refractivity contribution in [2.24, 2.45) is 0 Å². The van der Waals surface area contributed by atoms with Crippen LogP contribution in [0.4, 0.5) is 4.79 Å².